The molecule has 1 aliphatic rings. The molecule has 1 atom stereocenters. The summed E-state index contributed by atoms with van der Waals surface area (Å²) in [6.45, 7) is 6.47. The standard InChI is InChI=1S/C12H16ClN/c1-8-5-10-3-4-14-7-9(2)11(10)6-12(8)13/h5-6,9,14H,3-4,7H2,1-2H3. The van der Waals surface area contributed by atoms with E-state index in [9.17, 15) is 0 Å². The van der Waals surface area contributed by atoms with Gasteiger partial charge in [-0.2, -0.15) is 0 Å². The van der Waals surface area contributed by atoms with Crippen LogP contribution in [0.15, 0.2) is 12.1 Å². The predicted octanol–water partition coefficient (Wildman–Crippen LogP) is 2.90. The molecule has 0 fully saturated rings. The summed E-state index contributed by atoms with van der Waals surface area (Å²) in [5, 5.41) is 4.34. The Labute approximate surface area is 90.5 Å². The lowest BCUT2D eigenvalue weighted by Gasteiger charge is -2.13. The molecule has 1 N–H and O–H groups in total. The molecule has 1 aromatic carbocycles. The van der Waals surface area contributed by atoms with E-state index in [4.69, 9.17) is 11.6 Å². The van der Waals surface area contributed by atoms with Gasteiger partial charge in [0.25, 0.3) is 0 Å². The minimum absolute atomic E-state index is 0.575. The van der Waals surface area contributed by atoms with Crippen molar-refractivity contribution in [3.05, 3.63) is 33.8 Å². The Morgan fingerprint density at radius 2 is 2.21 bits per heavy atom. The molecule has 14 heavy (non-hydrogen) atoms. The van der Waals surface area contributed by atoms with Crippen molar-refractivity contribution >= 4 is 11.6 Å². The summed E-state index contributed by atoms with van der Waals surface area (Å²) in [5.74, 6) is 0.575. The summed E-state index contributed by atoms with van der Waals surface area (Å²) in [7, 11) is 0. The Balaban J connectivity index is 2.49. The van der Waals surface area contributed by atoms with Crippen molar-refractivity contribution in [2.24, 2.45) is 0 Å². The van der Waals surface area contributed by atoms with E-state index in [2.05, 4.69) is 31.3 Å². The van der Waals surface area contributed by atoms with Crippen molar-refractivity contribution < 1.29 is 0 Å². The molecule has 0 spiro atoms. The van der Waals surface area contributed by atoms with E-state index in [1.807, 2.05) is 0 Å². The second-order valence-corrected chi connectivity index (χ2v) is 4.56. The van der Waals surface area contributed by atoms with Gasteiger partial charge in [-0.25, -0.2) is 0 Å². The van der Waals surface area contributed by atoms with Crippen LogP contribution in [0.2, 0.25) is 5.02 Å². The van der Waals surface area contributed by atoms with Gasteiger partial charge in [0.05, 0.1) is 0 Å². The highest BCUT2D eigenvalue weighted by atomic mass is 35.5. The molecule has 1 unspecified atom stereocenters. The topological polar surface area (TPSA) is 12.0 Å². The first-order valence-corrected chi connectivity index (χ1v) is 5.56. The molecule has 0 amide bonds. The van der Waals surface area contributed by atoms with E-state index in [-0.39, 0.29) is 0 Å². The highest BCUT2D eigenvalue weighted by Crippen LogP contribution is 2.28. The van der Waals surface area contributed by atoms with E-state index in [1.165, 1.54) is 16.7 Å². The van der Waals surface area contributed by atoms with Crippen LogP contribution in [0.3, 0.4) is 0 Å². The van der Waals surface area contributed by atoms with E-state index in [0.29, 0.717) is 5.92 Å². The van der Waals surface area contributed by atoms with Gasteiger partial charge in [-0.15, -0.1) is 0 Å². The zero-order valence-corrected chi connectivity index (χ0v) is 9.49. The first-order chi connectivity index (χ1) is 6.68. The Bertz CT molecular complexity index is 346. The zero-order valence-electron chi connectivity index (χ0n) is 8.73. The lowest BCUT2D eigenvalue weighted by Crippen LogP contribution is -2.18. The van der Waals surface area contributed by atoms with Gasteiger partial charge in [0, 0.05) is 11.6 Å². The Morgan fingerprint density at radius 3 is 3.00 bits per heavy atom. The Kier molecular flexibility index (Phi) is 2.80. The maximum Gasteiger partial charge on any atom is 0.0438 e. The quantitative estimate of drug-likeness (QED) is 0.693. The monoisotopic (exact) mass is 209 g/mol. The van der Waals surface area contributed by atoms with E-state index < -0.39 is 0 Å². The minimum atomic E-state index is 0.575. The number of nitrogens with one attached hydrogen (secondary N) is 1. The molecule has 1 heterocycles. The van der Waals surface area contributed by atoms with Crippen molar-refractivity contribution in [3.8, 4) is 0 Å². The molecule has 0 aromatic heterocycles. The summed E-state index contributed by atoms with van der Waals surface area (Å²) < 4.78 is 0. The van der Waals surface area contributed by atoms with Crippen molar-refractivity contribution in [1.29, 1.82) is 0 Å². The van der Waals surface area contributed by atoms with Crippen molar-refractivity contribution in [2.45, 2.75) is 26.2 Å². The zero-order chi connectivity index (χ0) is 10.1. The molecule has 1 aromatic rings. The number of hydrogen-bond donors (Lipinski definition) is 1. The molecule has 1 nitrogen and oxygen atoms in total. The van der Waals surface area contributed by atoms with Crippen LogP contribution >= 0.6 is 11.6 Å². The summed E-state index contributed by atoms with van der Waals surface area (Å²) in [5.41, 5.74) is 4.08. The smallest absolute Gasteiger partial charge is 0.0438 e. The van der Waals surface area contributed by atoms with Crippen LogP contribution in [0.4, 0.5) is 0 Å². The van der Waals surface area contributed by atoms with Gasteiger partial charge in [0.15, 0.2) is 0 Å². The highest BCUT2D eigenvalue weighted by molar-refractivity contribution is 6.31. The molecule has 0 saturated heterocycles. The molecule has 0 saturated carbocycles. The van der Waals surface area contributed by atoms with Crippen molar-refractivity contribution in [2.75, 3.05) is 13.1 Å². The van der Waals surface area contributed by atoms with Crippen molar-refractivity contribution in [3.63, 3.8) is 0 Å². The largest absolute Gasteiger partial charge is 0.316 e. The third-order valence-corrected chi connectivity index (χ3v) is 3.38. The molecule has 0 bridgehead atoms. The van der Waals surface area contributed by atoms with Crippen molar-refractivity contribution in [1.82, 2.24) is 5.32 Å². The molecule has 0 aliphatic carbocycles. The fourth-order valence-electron chi connectivity index (χ4n) is 2.08. The first-order valence-electron chi connectivity index (χ1n) is 5.18. The molecule has 0 radical (unpaired) electrons. The van der Waals surface area contributed by atoms with Crippen LogP contribution in [-0.2, 0) is 6.42 Å². The fourth-order valence-corrected chi connectivity index (χ4v) is 2.26. The molecular formula is C12H16ClN. The predicted molar refractivity (Wildman–Crippen MR) is 61.2 cm³/mol. The van der Waals surface area contributed by atoms with Gasteiger partial charge in [0.1, 0.15) is 0 Å². The van der Waals surface area contributed by atoms with Gasteiger partial charge in [-0.05, 0) is 48.6 Å². The fraction of sp³-hybridized carbons (Fsp3) is 0.500. The van der Waals surface area contributed by atoms with E-state index in [0.717, 1.165) is 24.5 Å². The Morgan fingerprint density at radius 1 is 1.43 bits per heavy atom. The maximum atomic E-state index is 6.14. The molecule has 2 heteroatoms. The normalized spacial score (nSPS) is 21.5. The molecule has 76 valence electrons. The SMILES string of the molecule is Cc1cc2c(cc1Cl)C(C)CNCC2. The number of benzene rings is 1. The highest BCUT2D eigenvalue weighted by Gasteiger charge is 2.15. The number of hydrogen-bond acceptors (Lipinski definition) is 1. The van der Waals surface area contributed by atoms with Gasteiger partial charge < -0.3 is 5.32 Å². The van der Waals surface area contributed by atoms with Gasteiger partial charge in [0.2, 0.25) is 0 Å². The number of fused-ring (bicyclic) bond motifs is 1. The van der Waals surface area contributed by atoms with Crippen LogP contribution < -0.4 is 5.32 Å². The second-order valence-electron chi connectivity index (χ2n) is 4.16. The van der Waals surface area contributed by atoms with Crippen LogP contribution in [0.1, 0.15) is 29.5 Å². The van der Waals surface area contributed by atoms with Gasteiger partial charge >= 0.3 is 0 Å². The van der Waals surface area contributed by atoms with E-state index in [1.54, 1.807) is 0 Å². The van der Waals surface area contributed by atoms with Crippen LogP contribution in [0.25, 0.3) is 0 Å². The first kappa shape index (κ1) is 10.0. The van der Waals surface area contributed by atoms with Crippen LogP contribution in [-0.4, -0.2) is 13.1 Å². The third kappa shape index (κ3) is 1.79. The average molecular weight is 210 g/mol. The summed E-state index contributed by atoms with van der Waals surface area (Å²) in [4.78, 5) is 0. The minimum Gasteiger partial charge on any atom is -0.316 e. The number of aryl methyl sites for hydroxylation is 1. The summed E-state index contributed by atoms with van der Waals surface area (Å²) in [6.07, 6.45) is 1.12. The van der Waals surface area contributed by atoms with Gasteiger partial charge in [-0.1, -0.05) is 24.6 Å². The van der Waals surface area contributed by atoms with E-state index >= 15 is 0 Å². The van der Waals surface area contributed by atoms with Crippen LogP contribution in [0, 0.1) is 6.92 Å². The third-order valence-electron chi connectivity index (χ3n) is 2.97. The maximum absolute atomic E-state index is 6.14. The lowest BCUT2D eigenvalue weighted by atomic mass is 9.94. The van der Waals surface area contributed by atoms with Gasteiger partial charge in [-0.3, -0.25) is 0 Å². The molecule has 1 aliphatic heterocycles. The summed E-state index contributed by atoms with van der Waals surface area (Å²) >= 11 is 6.14. The average Bonchev–Trinajstić information content (AvgIpc) is 2.31. The number of halogens is 1. The Hall–Kier alpha value is -0.530. The molecule has 2 rings (SSSR count). The number of rotatable bonds is 0. The molecular weight excluding hydrogens is 194 g/mol. The second kappa shape index (κ2) is 3.92. The summed E-state index contributed by atoms with van der Waals surface area (Å²) in [6, 6.07) is 4.38. The lowest BCUT2D eigenvalue weighted by molar-refractivity contribution is 0.644. The van der Waals surface area contributed by atoms with Crippen LogP contribution in [0.5, 0.6) is 0 Å².